The van der Waals surface area contributed by atoms with E-state index in [2.05, 4.69) is 5.32 Å². The van der Waals surface area contributed by atoms with Gasteiger partial charge in [0.2, 0.25) is 5.91 Å². The van der Waals surface area contributed by atoms with Crippen LogP contribution in [-0.2, 0) is 4.79 Å². The molecule has 0 bridgehead atoms. The number of amides is 1. The first-order chi connectivity index (χ1) is 8.58. The van der Waals surface area contributed by atoms with Crippen molar-refractivity contribution in [2.45, 2.75) is 12.8 Å². The maximum absolute atomic E-state index is 13.5. The van der Waals surface area contributed by atoms with Crippen LogP contribution in [0.1, 0.15) is 23.2 Å². The lowest BCUT2D eigenvalue weighted by atomic mass is 10.1. The zero-order chi connectivity index (χ0) is 13.1. The van der Waals surface area contributed by atoms with Crippen LogP contribution >= 0.6 is 0 Å². The quantitative estimate of drug-likeness (QED) is 0.808. The Morgan fingerprint density at radius 1 is 1.28 bits per heavy atom. The maximum atomic E-state index is 13.5. The predicted octanol–water partition coefficient (Wildman–Crippen LogP) is 2.43. The van der Waals surface area contributed by atoms with Crippen LogP contribution in [0.5, 0.6) is 0 Å². The fourth-order valence-corrected chi connectivity index (χ4v) is 1.82. The van der Waals surface area contributed by atoms with Gasteiger partial charge in [0.1, 0.15) is 5.82 Å². The summed E-state index contributed by atoms with van der Waals surface area (Å²) in [5.74, 6) is -2.29. The molecule has 0 unspecified atom stereocenters. The molecule has 0 saturated carbocycles. The number of rotatable bonds is 3. The summed E-state index contributed by atoms with van der Waals surface area (Å²) in [6, 6.07) is 3.31. The van der Waals surface area contributed by atoms with Crippen molar-refractivity contribution in [3.63, 3.8) is 0 Å². The van der Waals surface area contributed by atoms with E-state index in [1.807, 2.05) is 12.2 Å². The number of carbonyl (C=O) groups excluding carboxylic acids is 1. The number of hydrogen-bond acceptors (Lipinski definition) is 2. The lowest BCUT2D eigenvalue weighted by Gasteiger charge is -2.11. The van der Waals surface area contributed by atoms with Gasteiger partial charge in [0.15, 0.2) is 0 Å². The lowest BCUT2D eigenvalue weighted by molar-refractivity contribution is -0.119. The largest absolute Gasteiger partial charge is 0.478 e. The summed E-state index contributed by atoms with van der Waals surface area (Å²) in [7, 11) is 0. The second kappa shape index (κ2) is 5.00. The molecule has 1 amide bonds. The Balaban J connectivity index is 2.15. The Morgan fingerprint density at radius 2 is 1.94 bits per heavy atom. The summed E-state index contributed by atoms with van der Waals surface area (Å²) < 4.78 is 13.5. The average Bonchev–Trinajstić information content (AvgIpc) is 2.85. The summed E-state index contributed by atoms with van der Waals surface area (Å²) in [6.45, 7) is 0. The third-order valence-electron chi connectivity index (χ3n) is 2.85. The Labute approximate surface area is 103 Å². The molecule has 4 nitrogen and oxygen atoms in total. The molecule has 0 radical (unpaired) electrons. The molecular weight excluding hydrogens is 237 g/mol. The van der Waals surface area contributed by atoms with Gasteiger partial charge >= 0.3 is 5.97 Å². The minimum absolute atomic E-state index is 0.0590. The normalized spacial score (nSPS) is 14.7. The molecule has 1 aromatic rings. The van der Waals surface area contributed by atoms with Crippen LogP contribution in [-0.4, -0.2) is 17.0 Å². The van der Waals surface area contributed by atoms with E-state index in [1.165, 1.54) is 0 Å². The topological polar surface area (TPSA) is 66.4 Å². The second-order valence-electron chi connectivity index (χ2n) is 4.13. The number of carbonyl (C=O) groups is 2. The second-order valence-corrected chi connectivity index (χ2v) is 4.13. The lowest BCUT2D eigenvalue weighted by Crippen LogP contribution is -2.21. The van der Waals surface area contributed by atoms with Crippen LogP contribution < -0.4 is 5.32 Å². The SMILES string of the molecule is O=C(O)c1ccc(F)c(NC(=O)C2CC=CC2)c1. The van der Waals surface area contributed by atoms with Crippen LogP contribution in [0.3, 0.4) is 0 Å². The standard InChI is InChI=1S/C13H12FNO3/c14-10-6-5-9(13(17)18)7-11(10)15-12(16)8-3-1-2-4-8/h1-2,5-8H,3-4H2,(H,15,16)(H,17,18). The zero-order valence-electron chi connectivity index (χ0n) is 9.52. The van der Waals surface area contributed by atoms with Crippen molar-refractivity contribution in [1.29, 1.82) is 0 Å². The number of nitrogens with one attached hydrogen (secondary N) is 1. The summed E-state index contributed by atoms with van der Waals surface area (Å²) in [5, 5.41) is 11.2. The first-order valence-electron chi connectivity index (χ1n) is 5.56. The molecule has 0 heterocycles. The summed E-state index contributed by atoms with van der Waals surface area (Å²) in [5.41, 5.74) is -0.150. The van der Waals surface area contributed by atoms with E-state index >= 15 is 0 Å². The third-order valence-corrected chi connectivity index (χ3v) is 2.85. The first kappa shape index (κ1) is 12.3. The Kier molecular flexibility index (Phi) is 3.41. The van der Waals surface area contributed by atoms with Gasteiger partial charge in [-0.25, -0.2) is 9.18 Å². The van der Waals surface area contributed by atoms with E-state index in [4.69, 9.17) is 5.11 Å². The molecular formula is C13H12FNO3. The van der Waals surface area contributed by atoms with Gasteiger partial charge < -0.3 is 10.4 Å². The molecule has 1 aliphatic rings. The van der Waals surface area contributed by atoms with Gasteiger partial charge in [0.25, 0.3) is 0 Å². The third kappa shape index (κ3) is 2.56. The van der Waals surface area contributed by atoms with Gasteiger partial charge in [0, 0.05) is 5.92 Å². The van der Waals surface area contributed by atoms with Gasteiger partial charge in [-0.15, -0.1) is 0 Å². The van der Waals surface area contributed by atoms with Gasteiger partial charge in [0.05, 0.1) is 11.3 Å². The Morgan fingerprint density at radius 3 is 2.56 bits per heavy atom. The molecule has 0 atom stereocenters. The highest BCUT2D eigenvalue weighted by atomic mass is 19.1. The highest BCUT2D eigenvalue weighted by Crippen LogP contribution is 2.22. The number of aromatic carboxylic acids is 1. The highest BCUT2D eigenvalue weighted by Gasteiger charge is 2.20. The van der Waals surface area contributed by atoms with E-state index < -0.39 is 11.8 Å². The highest BCUT2D eigenvalue weighted by molar-refractivity contribution is 5.95. The van der Waals surface area contributed by atoms with Crippen molar-refractivity contribution in [1.82, 2.24) is 0 Å². The van der Waals surface area contributed by atoms with E-state index in [0.29, 0.717) is 12.8 Å². The molecule has 1 aliphatic carbocycles. The monoisotopic (exact) mass is 249 g/mol. The van der Waals surface area contributed by atoms with E-state index in [9.17, 15) is 14.0 Å². The molecule has 2 N–H and O–H groups in total. The number of carboxylic acids is 1. The van der Waals surface area contributed by atoms with Crippen LogP contribution in [0.15, 0.2) is 30.4 Å². The van der Waals surface area contributed by atoms with Gasteiger partial charge in [-0.05, 0) is 31.0 Å². The van der Waals surface area contributed by atoms with Crippen molar-refractivity contribution in [2.24, 2.45) is 5.92 Å². The molecule has 94 valence electrons. The molecule has 0 aliphatic heterocycles. The minimum atomic E-state index is -1.16. The van der Waals surface area contributed by atoms with Crippen LogP contribution in [0.2, 0.25) is 0 Å². The number of anilines is 1. The minimum Gasteiger partial charge on any atom is -0.478 e. The fourth-order valence-electron chi connectivity index (χ4n) is 1.82. The molecule has 0 fully saturated rings. The first-order valence-corrected chi connectivity index (χ1v) is 5.56. The maximum Gasteiger partial charge on any atom is 0.335 e. The van der Waals surface area contributed by atoms with Crippen molar-refractivity contribution in [2.75, 3.05) is 5.32 Å². The summed E-state index contributed by atoms with van der Waals surface area (Å²) in [6.07, 6.45) is 5.06. The average molecular weight is 249 g/mol. The Bertz CT molecular complexity index is 517. The van der Waals surface area contributed by atoms with Crippen molar-refractivity contribution >= 4 is 17.6 Å². The van der Waals surface area contributed by atoms with Crippen molar-refractivity contribution < 1.29 is 19.1 Å². The zero-order valence-corrected chi connectivity index (χ0v) is 9.52. The number of halogens is 1. The number of allylic oxidation sites excluding steroid dienone is 2. The Hall–Kier alpha value is -2.17. The summed E-state index contributed by atoms with van der Waals surface area (Å²) >= 11 is 0. The van der Waals surface area contributed by atoms with Crippen LogP contribution in [0.25, 0.3) is 0 Å². The van der Waals surface area contributed by atoms with E-state index in [-0.39, 0.29) is 23.1 Å². The summed E-state index contributed by atoms with van der Waals surface area (Å²) in [4.78, 5) is 22.5. The molecule has 0 aromatic heterocycles. The number of hydrogen-bond donors (Lipinski definition) is 2. The van der Waals surface area contributed by atoms with Gasteiger partial charge in [-0.1, -0.05) is 12.2 Å². The number of benzene rings is 1. The molecule has 0 saturated heterocycles. The van der Waals surface area contributed by atoms with Gasteiger partial charge in [-0.2, -0.15) is 0 Å². The predicted molar refractivity (Wildman–Crippen MR) is 63.9 cm³/mol. The van der Waals surface area contributed by atoms with Crippen molar-refractivity contribution in [3.05, 3.63) is 41.7 Å². The molecule has 0 spiro atoms. The fraction of sp³-hybridized carbons (Fsp3) is 0.231. The number of carboxylic acid groups (broad SMARTS) is 1. The molecule has 5 heteroatoms. The molecule has 2 rings (SSSR count). The van der Waals surface area contributed by atoms with Crippen LogP contribution in [0.4, 0.5) is 10.1 Å². The van der Waals surface area contributed by atoms with E-state index in [1.54, 1.807) is 0 Å². The van der Waals surface area contributed by atoms with Gasteiger partial charge in [-0.3, -0.25) is 4.79 Å². The van der Waals surface area contributed by atoms with Crippen molar-refractivity contribution in [3.8, 4) is 0 Å². The van der Waals surface area contributed by atoms with E-state index in [0.717, 1.165) is 18.2 Å². The van der Waals surface area contributed by atoms with Crippen LogP contribution in [0, 0.1) is 11.7 Å². The smallest absolute Gasteiger partial charge is 0.335 e. The molecule has 1 aromatic carbocycles. The molecule has 18 heavy (non-hydrogen) atoms.